The largest absolute Gasteiger partial charge is 0.383 e. The number of nitriles is 1. The van der Waals surface area contributed by atoms with Crippen LogP contribution in [-0.2, 0) is 6.42 Å². The van der Waals surface area contributed by atoms with E-state index in [1.54, 1.807) is 11.3 Å². The zero-order valence-corrected chi connectivity index (χ0v) is 12.1. The van der Waals surface area contributed by atoms with Crippen molar-refractivity contribution in [1.29, 1.82) is 5.26 Å². The molecule has 4 nitrogen and oxygen atoms in total. The van der Waals surface area contributed by atoms with Gasteiger partial charge in [0, 0.05) is 29.7 Å². The zero-order valence-electron chi connectivity index (χ0n) is 11.3. The number of aryl methyl sites for hydroxylation is 3. The molecule has 0 saturated heterocycles. The van der Waals surface area contributed by atoms with Crippen LogP contribution in [-0.4, -0.2) is 16.5 Å². The molecule has 0 fully saturated rings. The molecular formula is C14H16N4S. The monoisotopic (exact) mass is 272 g/mol. The Morgan fingerprint density at radius 2 is 2.05 bits per heavy atom. The van der Waals surface area contributed by atoms with E-state index in [-0.39, 0.29) is 0 Å². The van der Waals surface area contributed by atoms with Gasteiger partial charge >= 0.3 is 0 Å². The Balaban J connectivity index is 2.05. The molecule has 0 aliphatic carbocycles. The minimum atomic E-state index is 0.626. The summed E-state index contributed by atoms with van der Waals surface area (Å²) in [5.41, 5.74) is 4.24. The molecule has 19 heavy (non-hydrogen) atoms. The molecule has 1 N–H and O–H groups in total. The number of nitrogens with zero attached hydrogens (tertiary/aromatic N) is 3. The summed E-state index contributed by atoms with van der Waals surface area (Å²) in [4.78, 5) is 8.72. The molecule has 0 saturated carbocycles. The van der Waals surface area contributed by atoms with Gasteiger partial charge in [-0.2, -0.15) is 5.26 Å². The van der Waals surface area contributed by atoms with Gasteiger partial charge in [-0.1, -0.05) is 0 Å². The second-order valence-electron chi connectivity index (χ2n) is 4.44. The normalized spacial score (nSPS) is 10.2. The van der Waals surface area contributed by atoms with Gasteiger partial charge in [-0.3, -0.25) is 4.98 Å². The van der Waals surface area contributed by atoms with Gasteiger partial charge in [-0.05, 0) is 26.8 Å². The van der Waals surface area contributed by atoms with Gasteiger partial charge in [0.15, 0.2) is 0 Å². The lowest BCUT2D eigenvalue weighted by Gasteiger charge is -2.10. The van der Waals surface area contributed by atoms with E-state index in [2.05, 4.69) is 26.7 Å². The summed E-state index contributed by atoms with van der Waals surface area (Å²) in [7, 11) is 0. The Labute approximate surface area is 117 Å². The average Bonchev–Trinajstić information content (AvgIpc) is 2.74. The van der Waals surface area contributed by atoms with Gasteiger partial charge in [0.2, 0.25) is 0 Å². The van der Waals surface area contributed by atoms with E-state index >= 15 is 0 Å². The van der Waals surface area contributed by atoms with E-state index in [0.29, 0.717) is 5.56 Å². The first-order chi connectivity index (χ1) is 9.10. The predicted molar refractivity (Wildman–Crippen MR) is 77.5 cm³/mol. The number of hydrogen-bond donors (Lipinski definition) is 1. The van der Waals surface area contributed by atoms with Crippen molar-refractivity contribution in [2.75, 3.05) is 11.9 Å². The van der Waals surface area contributed by atoms with Gasteiger partial charge in [0.25, 0.3) is 0 Å². The molecule has 2 aromatic rings. The SMILES string of the molecule is Cc1csc(CCNc2cc(C)nc(C)c2C#N)n1. The van der Waals surface area contributed by atoms with Crippen molar-refractivity contribution in [3.8, 4) is 6.07 Å². The minimum Gasteiger partial charge on any atom is -0.383 e. The molecule has 0 atom stereocenters. The van der Waals surface area contributed by atoms with Crippen molar-refractivity contribution >= 4 is 17.0 Å². The van der Waals surface area contributed by atoms with Crippen molar-refractivity contribution < 1.29 is 0 Å². The Morgan fingerprint density at radius 1 is 1.26 bits per heavy atom. The summed E-state index contributed by atoms with van der Waals surface area (Å²) in [6.07, 6.45) is 0.865. The van der Waals surface area contributed by atoms with Crippen molar-refractivity contribution in [3.05, 3.63) is 39.1 Å². The molecule has 2 heterocycles. The lowest BCUT2D eigenvalue weighted by Crippen LogP contribution is -2.08. The molecule has 0 unspecified atom stereocenters. The lowest BCUT2D eigenvalue weighted by molar-refractivity contribution is 0.981. The molecule has 5 heteroatoms. The van der Waals surface area contributed by atoms with E-state index in [0.717, 1.165) is 40.7 Å². The van der Waals surface area contributed by atoms with Crippen LogP contribution in [0.4, 0.5) is 5.69 Å². The van der Waals surface area contributed by atoms with Crippen LogP contribution in [0.15, 0.2) is 11.4 Å². The fourth-order valence-electron chi connectivity index (χ4n) is 1.93. The summed E-state index contributed by atoms with van der Waals surface area (Å²) in [6.45, 7) is 6.56. The predicted octanol–water partition coefficient (Wildman–Crippen LogP) is 2.99. The highest BCUT2D eigenvalue weighted by Gasteiger charge is 2.07. The topological polar surface area (TPSA) is 61.6 Å². The molecule has 0 bridgehead atoms. The Hall–Kier alpha value is -1.93. The van der Waals surface area contributed by atoms with Crippen LogP contribution in [0.25, 0.3) is 0 Å². The second kappa shape index (κ2) is 5.81. The lowest BCUT2D eigenvalue weighted by atomic mass is 10.1. The number of rotatable bonds is 4. The fraction of sp³-hybridized carbons (Fsp3) is 0.357. The average molecular weight is 272 g/mol. The van der Waals surface area contributed by atoms with Crippen LogP contribution in [0.5, 0.6) is 0 Å². The van der Waals surface area contributed by atoms with Crippen molar-refractivity contribution in [1.82, 2.24) is 9.97 Å². The Morgan fingerprint density at radius 3 is 2.68 bits per heavy atom. The van der Waals surface area contributed by atoms with Crippen molar-refractivity contribution in [2.24, 2.45) is 0 Å². The maximum Gasteiger partial charge on any atom is 0.103 e. The third kappa shape index (κ3) is 3.30. The summed E-state index contributed by atoms with van der Waals surface area (Å²) >= 11 is 1.67. The third-order valence-corrected chi connectivity index (χ3v) is 3.79. The fourth-order valence-corrected chi connectivity index (χ4v) is 2.71. The first-order valence-electron chi connectivity index (χ1n) is 6.13. The van der Waals surface area contributed by atoms with Gasteiger partial charge < -0.3 is 5.32 Å². The highest BCUT2D eigenvalue weighted by Crippen LogP contribution is 2.19. The van der Waals surface area contributed by atoms with E-state index in [1.807, 2.05) is 26.8 Å². The molecule has 0 aromatic carbocycles. The number of thiazole rings is 1. The molecule has 2 aromatic heterocycles. The molecule has 0 aliphatic heterocycles. The van der Waals surface area contributed by atoms with Gasteiger partial charge in [0.1, 0.15) is 6.07 Å². The Bertz CT molecular complexity index is 625. The maximum atomic E-state index is 9.17. The first-order valence-corrected chi connectivity index (χ1v) is 7.01. The molecule has 0 aliphatic rings. The van der Waals surface area contributed by atoms with Crippen LogP contribution in [0, 0.1) is 32.1 Å². The molecule has 0 amide bonds. The van der Waals surface area contributed by atoms with Crippen molar-refractivity contribution in [3.63, 3.8) is 0 Å². The van der Waals surface area contributed by atoms with Crippen LogP contribution < -0.4 is 5.32 Å². The molecular weight excluding hydrogens is 256 g/mol. The molecule has 98 valence electrons. The molecule has 2 rings (SSSR count). The van der Waals surface area contributed by atoms with Gasteiger partial charge in [-0.25, -0.2) is 4.98 Å². The van der Waals surface area contributed by atoms with Crippen LogP contribution >= 0.6 is 11.3 Å². The maximum absolute atomic E-state index is 9.17. The minimum absolute atomic E-state index is 0.626. The number of hydrogen-bond acceptors (Lipinski definition) is 5. The third-order valence-electron chi connectivity index (χ3n) is 2.76. The van der Waals surface area contributed by atoms with Crippen LogP contribution in [0.3, 0.4) is 0 Å². The summed E-state index contributed by atoms with van der Waals surface area (Å²) in [5.74, 6) is 0. The summed E-state index contributed by atoms with van der Waals surface area (Å²) in [5, 5.41) is 15.6. The van der Waals surface area contributed by atoms with Gasteiger partial charge in [0.05, 0.1) is 22.0 Å². The smallest absolute Gasteiger partial charge is 0.103 e. The first kappa shape index (κ1) is 13.5. The van der Waals surface area contributed by atoms with E-state index in [1.165, 1.54) is 0 Å². The standard InChI is InChI=1S/C14H16N4S/c1-9-6-13(12(7-15)11(3)17-9)16-5-4-14-18-10(2)8-19-14/h6,8H,4-5H2,1-3H3,(H,16,17). The van der Waals surface area contributed by atoms with Crippen LogP contribution in [0.1, 0.15) is 27.7 Å². The highest BCUT2D eigenvalue weighted by atomic mass is 32.1. The molecule has 0 spiro atoms. The number of pyridine rings is 1. The molecule has 0 radical (unpaired) electrons. The number of anilines is 1. The number of nitrogens with one attached hydrogen (secondary N) is 1. The Kier molecular flexibility index (Phi) is 4.13. The number of aromatic nitrogens is 2. The summed E-state index contributed by atoms with van der Waals surface area (Å²) in [6, 6.07) is 4.12. The highest BCUT2D eigenvalue weighted by molar-refractivity contribution is 7.09. The van der Waals surface area contributed by atoms with Crippen molar-refractivity contribution in [2.45, 2.75) is 27.2 Å². The second-order valence-corrected chi connectivity index (χ2v) is 5.39. The van der Waals surface area contributed by atoms with Crippen LogP contribution in [0.2, 0.25) is 0 Å². The van der Waals surface area contributed by atoms with E-state index in [9.17, 15) is 0 Å². The zero-order chi connectivity index (χ0) is 13.8. The van der Waals surface area contributed by atoms with Gasteiger partial charge in [-0.15, -0.1) is 11.3 Å². The van der Waals surface area contributed by atoms with E-state index < -0.39 is 0 Å². The summed E-state index contributed by atoms with van der Waals surface area (Å²) < 4.78 is 0. The quantitative estimate of drug-likeness (QED) is 0.929. The van der Waals surface area contributed by atoms with E-state index in [4.69, 9.17) is 5.26 Å².